The minimum atomic E-state index is -3.27. The summed E-state index contributed by atoms with van der Waals surface area (Å²) >= 11 is 0. The minimum Gasteiger partial charge on any atom is -0.346 e. The van der Waals surface area contributed by atoms with Gasteiger partial charge in [0.2, 0.25) is 0 Å². The van der Waals surface area contributed by atoms with Crippen LogP contribution < -0.4 is 5.32 Å². The van der Waals surface area contributed by atoms with Gasteiger partial charge in [-0.25, -0.2) is 8.42 Å². The van der Waals surface area contributed by atoms with Gasteiger partial charge in [0, 0.05) is 30.9 Å². The quantitative estimate of drug-likeness (QED) is 0.578. The number of amides is 1. The van der Waals surface area contributed by atoms with E-state index in [1.807, 2.05) is 12.1 Å². The number of carbonyl (C=O) groups excluding carboxylic acids is 1. The normalized spacial score (nSPS) is 23.0. The zero-order chi connectivity index (χ0) is 24.3. The third-order valence-electron chi connectivity index (χ3n) is 7.56. The molecule has 34 heavy (non-hydrogen) atoms. The first-order valence-corrected chi connectivity index (χ1v) is 14.3. The first-order chi connectivity index (χ1) is 16.3. The highest BCUT2D eigenvalue weighted by Gasteiger charge is 2.31. The summed E-state index contributed by atoms with van der Waals surface area (Å²) < 4.78 is 23.9. The number of sulfone groups is 1. The molecule has 0 bridgehead atoms. The van der Waals surface area contributed by atoms with Crippen molar-refractivity contribution in [3.05, 3.63) is 58.9 Å². The molecule has 2 heterocycles. The van der Waals surface area contributed by atoms with Crippen molar-refractivity contribution in [2.75, 3.05) is 12.3 Å². The molecule has 0 radical (unpaired) electrons. The number of nitrogens with one attached hydrogen (secondary N) is 1. The topological polar surface area (TPSA) is 79.4 Å². The van der Waals surface area contributed by atoms with E-state index in [-0.39, 0.29) is 23.1 Å². The van der Waals surface area contributed by atoms with Crippen LogP contribution in [0.2, 0.25) is 0 Å². The first-order valence-electron chi connectivity index (χ1n) is 12.6. The van der Waals surface area contributed by atoms with Crippen molar-refractivity contribution in [2.24, 2.45) is 11.8 Å². The second-order valence-corrected chi connectivity index (χ2v) is 12.2. The number of fused-ring (bicyclic) bond motifs is 1. The van der Waals surface area contributed by atoms with Gasteiger partial charge in [0.1, 0.15) is 0 Å². The molecule has 184 valence electrons. The molecule has 2 aromatic rings. The maximum absolute atomic E-state index is 12.8. The maximum Gasteiger partial charge on any atom is 0.251 e. The monoisotopic (exact) mass is 483 g/mol. The Labute approximate surface area is 204 Å². The third kappa shape index (κ3) is 5.52. The van der Waals surface area contributed by atoms with Crippen molar-refractivity contribution in [3.63, 3.8) is 0 Å². The van der Waals surface area contributed by atoms with Gasteiger partial charge in [-0.05, 0) is 66.5 Å². The van der Waals surface area contributed by atoms with Crippen LogP contribution >= 0.6 is 0 Å². The number of carbonyl (C=O) groups is 1. The number of hydrogen-bond donors (Lipinski definition) is 1. The van der Waals surface area contributed by atoms with Gasteiger partial charge in [0.15, 0.2) is 9.84 Å². The Morgan fingerprint density at radius 2 is 1.88 bits per heavy atom. The largest absolute Gasteiger partial charge is 0.346 e. The fourth-order valence-corrected chi connectivity index (χ4v) is 6.21. The van der Waals surface area contributed by atoms with E-state index >= 15 is 0 Å². The summed E-state index contributed by atoms with van der Waals surface area (Å²) in [5.41, 5.74) is 3.91. The minimum absolute atomic E-state index is 0.0409. The van der Waals surface area contributed by atoms with Crippen molar-refractivity contribution < 1.29 is 13.2 Å². The molecule has 1 N–H and O–H groups in total. The molecule has 0 saturated heterocycles. The molecular weight excluding hydrogens is 446 g/mol. The molecule has 1 aromatic carbocycles. The lowest BCUT2D eigenvalue weighted by molar-refractivity contribution is 0.0950. The van der Waals surface area contributed by atoms with Crippen LogP contribution in [0.15, 0.2) is 41.4 Å². The summed E-state index contributed by atoms with van der Waals surface area (Å²) in [7, 11) is -3.27. The SMILES string of the molecule is CC[C@@H]1c2ccc(C(=O)NCc3ccc(S(=O)(=O)CC)cn3)cc2CN1C[C@H]1CC[C@H](C)CC1. The molecule has 4 rings (SSSR count). The lowest BCUT2D eigenvalue weighted by atomic mass is 9.82. The number of rotatable bonds is 8. The standard InChI is InChI=1S/C27H37N3O3S/c1-4-26-25-13-10-21(14-22(25)18-30(26)17-20-8-6-19(3)7-9-20)27(31)29-15-23-11-12-24(16-28-23)34(32,33)5-2/h10-14,16,19-20,26H,4-9,15,17-18H2,1-3H3,(H,29,31)/t19-,20-,26-/m1/s1. The molecule has 7 heteroatoms. The van der Waals surface area contributed by atoms with Crippen LogP contribution in [0, 0.1) is 11.8 Å². The third-order valence-corrected chi connectivity index (χ3v) is 9.28. The van der Waals surface area contributed by atoms with Gasteiger partial charge in [0.25, 0.3) is 5.91 Å². The predicted molar refractivity (Wildman–Crippen MR) is 134 cm³/mol. The highest BCUT2D eigenvalue weighted by molar-refractivity contribution is 7.91. The molecule has 1 amide bonds. The lowest BCUT2D eigenvalue weighted by Crippen LogP contribution is -2.30. The van der Waals surface area contributed by atoms with Gasteiger partial charge in [0.05, 0.1) is 22.9 Å². The molecule has 1 fully saturated rings. The van der Waals surface area contributed by atoms with Crippen molar-refractivity contribution >= 4 is 15.7 Å². The highest BCUT2D eigenvalue weighted by atomic mass is 32.2. The summed E-state index contributed by atoms with van der Waals surface area (Å²) in [6, 6.07) is 9.74. The van der Waals surface area contributed by atoms with E-state index in [4.69, 9.17) is 0 Å². The molecule has 0 unspecified atom stereocenters. The van der Waals surface area contributed by atoms with E-state index in [1.165, 1.54) is 43.0 Å². The average Bonchev–Trinajstić information content (AvgIpc) is 3.20. The van der Waals surface area contributed by atoms with E-state index in [0.717, 1.165) is 31.3 Å². The van der Waals surface area contributed by atoms with Crippen LogP contribution in [0.25, 0.3) is 0 Å². The Kier molecular flexibility index (Phi) is 7.73. The Morgan fingerprint density at radius 3 is 2.53 bits per heavy atom. The number of nitrogens with zero attached hydrogens (tertiary/aromatic N) is 2. The second-order valence-electron chi connectivity index (χ2n) is 9.96. The van der Waals surface area contributed by atoms with Crippen molar-refractivity contribution in [3.8, 4) is 0 Å². The number of pyridine rings is 1. The summed E-state index contributed by atoms with van der Waals surface area (Å²) in [4.78, 5) is 19.9. The van der Waals surface area contributed by atoms with Gasteiger partial charge in [-0.3, -0.25) is 14.7 Å². The maximum atomic E-state index is 12.8. The highest BCUT2D eigenvalue weighted by Crippen LogP contribution is 2.39. The Balaban J connectivity index is 1.38. The van der Waals surface area contributed by atoms with Gasteiger partial charge in [-0.15, -0.1) is 0 Å². The van der Waals surface area contributed by atoms with E-state index in [2.05, 4.69) is 35.1 Å². The zero-order valence-corrected chi connectivity index (χ0v) is 21.4. The Hall–Kier alpha value is -2.25. The van der Waals surface area contributed by atoms with Gasteiger partial charge >= 0.3 is 0 Å². The van der Waals surface area contributed by atoms with Gasteiger partial charge < -0.3 is 5.32 Å². The zero-order valence-electron chi connectivity index (χ0n) is 20.6. The van der Waals surface area contributed by atoms with Crippen molar-refractivity contribution in [1.29, 1.82) is 0 Å². The van der Waals surface area contributed by atoms with Gasteiger partial charge in [-0.2, -0.15) is 0 Å². The number of hydrogen-bond acceptors (Lipinski definition) is 5. The summed E-state index contributed by atoms with van der Waals surface area (Å²) in [6.45, 7) is 8.54. The van der Waals surface area contributed by atoms with Crippen LogP contribution in [0.5, 0.6) is 0 Å². The van der Waals surface area contributed by atoms with Crippen LogP contribution in [0.4, 0.5) is 0 Å². The molecule has 0 spiro atoms. The molecule has 1 aliphatic heterocycles. The van der Waals surface area contributed by atoms with E-state index in [0.29, 0.717) is 17.3 Å². The van der Waals surface area contributed by atoms with E-state index in [9.17, 15) is 13.2 Å². The first kappa shape index (κ1) is 24.9. The van der Waals surface area contributed by atoms with Gasteiger partial charge in [-0.1, -0.05) is 39.7 Å². The van der Waals surface area contributed by atoms with Crippen molar-refractivity contribution in [2.45, 2.75) is 76.9 Å². The van der Waals surface area contributed by atoms with Crippen LogP contribution in [0.1, 0.15) is 86.1 Å². The lowest BCUT2D eigenvalue weighted by Gasteiger charge is -2.32. The number of benzene rings is 1. The Morgan fingerprint density at radius 1 is 1.12 bits per heavy atom. The summed E-state index contributed by atoms with van der Waals surface area (Å²) in [5.74, 6) is 1.56. The Bertz CT molecular complexity index is 1110. The molecule has 2 aliphatic rings. The van der Waals surface area contributed by atoms with E-state index in [1.54, 1.807) is 19.1 Å². The molecule has 1 aromatic heterocycles. The predicted octanol–water partition coefficient (Wildman–Crippen LogP) is 4.90. The fraction of sp³-hybridized carbons (Fsp3) is 0.556. The fourth-order valence-electron chi connectivity index (χ4n) is 5.39. The smallest absolute Gasteiger partial charge is 0.251 e. The second kappa shape index (κ2) is 10.6. The molecule has 1 aliphatic carbocycles. The number of aromatic nitrogens is 1. The van der Waals surface area contributed by atoms with Crippen LogP contribution in [-0.2, 0) is 22.9 Å². The molecule has 1 saturated carbocycles. The average molecular weight is 484 g/mol. The van der Waals surface area contributed by atoms with Crippen LogP contribution in [-0.4, -0.2) is 36.5 Å². The molecular formula is C27H37N3O3S. The van der Waals surface area contributed by atoms with Crippen LogP contribution in [0.3, 0.4) is 0 Å². The summed E-state index contributed by atoms with van der Waals surface area (Å²) in [6.07, 6.45) is 7.80. The molecule has 6 nitrogen and oxygen atoms in total. The summed E-state index contributed by atoms with van der Waals surface area (Å²) in [5, 5.41) is 2.92. The molecule has 1 atom stereocenters. The van der Waals surface area contributed by atoms with Crippen molar-refractivity contribution in [1.82, 2.24) is 15.2 Å². The van der Waals surface area contributed by atoms with E-state index < -0.39 is 9.84 Å².